The van der Waals surface area contributed by atoms with E-state index in [-0.39, 0.29) is 0 Å². The SMILES string of the molecule is CC1=C(\C=C/C=C/C(C)=C/C=C/C(C)=C/C=C2/C(C)CCCC2(C)C)C(C)(C)CCC1. The maximum Gasteiger partial charge on any atom is -0.0104 e. The summed E-state index contributed by atoms with van der Waals surface area (Å²) in [5.74, 6) is 0.704. The van der Waals surface area contributed by atoms with Crippen molar-refractivity contribution in [3.05, 3.63) is 82.5 Å². The van der Waals surface area contributed by atoms with Gasteiger partial charge in [-0.25, -0.2) is 0 Å². The average Bonchev–Trinajstić information content (AvgIpc) is 2.65. The van der Waals surface area contributed by atoms with E-state index in [0.29, 0.717) is 16.7 Å². The van der Waals surface area contributed by atoms with Crippen molar-refractivity contribution in [1.29, 1.82) is 0 Å². The molecule has 1 saturated carbocycles. The van der Waals surface area contributed by atoms with E-state index in [1.165, 1.54) is 55.2 Å². The molecular weight excluding hydrogens is 372 g/mol. The highest BCUT2D eigenvalue weighted by Crippen LogP contribution is 2.43. The predicted molar refractivity (Wildman–Crippen MR) is 140 cm³/mol. The van der Waals surface area contributed by atoms with Gasteiger partial charge in [-0.15, -0.1) is 0 Å². The molecule has 2 rings (SSSR count). The quantitative estimate of drug-likeness (QED) is 0.376. The highest BCUT2D eigenvalue weighted by molar-refractivity contribution is 5.36. The second kappa shape index (κ2) is 11.2. The van der Waals surface area contributed by atoms with Crippen LogP contribution in [0.4, 0.5) is 0 Å². The van der Waals surface area contributed by atoms with Gasteiger partial charge in [0.05, 0.1) is 0 Å². The Kier molecular flexibility index (Phi) is 9.16. The molecule has 0 bridgehead atoms. The molecule has 0 radical (unpaired) electrons. The van der Waals surface area contributed by atoms with Crippen molar-refractivity contribution in [1.82, 2.24) is 0 Å². The normalized spacial score (nSPS) is 26.7. The molecule has 0 aliphatic heterocycles. The summed E-state index contributed by atoms with van der Waals surface area (Å²) in [6.45, 7) is 18.6. The fourth-order valence-corrected chi connectivity index (χ4v) is 5.26. The van der Waals surface area contributed by atoms with E-state index in [9.17, 15) is 0 Å². The van der Waals surface area contributed by atoms with Gasteiger partial charge in [-0.2, -0.15) is 0 Å². The van der Waals surface area contributed by atoms with Gasteiger partial charge in [0, 0.05) is 0 Å². The van der Waals surface area contributed by atoms with Crippen LogP contribution in [0.1, 0.15) is 93.9 Å². The van der Waals surface area contributed by atoms with Crippen LogP contribution in [0.2, 0.25) is 0 Å². The van der Waals surface area contributed by atoms with Crippen LogP contribution >= 0.6 is 0 Å². The summed E-state index contributed by atoms with van der Waals surface area (Å²) >= 11 is 0. The molecule has 1 unspecified atom stereocenters. The Labute approximate surface area is 193 Å². The molecule has 0 nitrogen and oxygen atoms in total. The summed E-state index contributed by atoms with van der Waals surface area (Å²) in [5, 5.41) is 0. The van der Waals surface area contributed by atoms with Crippen molar-refractivity contribution in [3.8, 4) is 0 Å². The summed E-state index contributed by atoms with van der Waals surface area (Å²) in [6.07, 6.45) is 28.0. The number of hydrogen-bond acceptors (Lipinski definition) is 0. The van der Waals surface area contributed by atoms with Gasteiger partial charge in [0.2, 0.25) is 0 Å². The lowest BCUT2D eigenvalue weighted by Gasteiger charge is -2.37. The highest BCUT2D eigenvalue weighted by atomic mass is 14.4. The fourth-order valence-electron chi connectivity index (χ4n) is 5.26. The average molecular weight is 419 g/mol. The van der Waals surface area contributed by atoms with Crippen LogP contribution in [0.3, 0.4) is 0 Å². The first kappa shape index (κ1) is 25.4. The molecule has 0 saturated heterocycles. The zero-order valence-corrected chi connectivity index (χ0v) is 21.5. The van der Waals surface area contributed by atoms with E-state index in [0.717, 1.165) is 0 Å². The first-order chi connectivity index (χ1) is 14.5. The molecule has 0 aromatic carbocycles. The van der Waals surface area contributed by atoms with Crippen LogP contribution in [0.15, 0.2) is 82.5 Å². The Morgan fingerprint density at radius 3 is 2.16 bits per heavy atom. The van der Waals surface area contributed by atoms with Crippen LogP contribution in [0.25, 0.3) is 0 Å². The van der Waals surface area contributed by atoms with E-state index in [1.807, 2.05) is 0 Å². The van der Waals surface area contributed by atoms with Gasteiger partial charge in [-0.1, -0.05) is 118 Å². The fraction of sp³-hybridized carbons (Fsp3) is 0.548. The molecule has 2 aliphatic carbocycles. The minimum atomic E-state index is 0.310. The third-order valence-electron chi connectivity index (χ3n) is 7.27. The largest absolute Gasteiger partial charge is 0.0696 e. The lowest BCUT2D eigenvalue weighted by Crippen LogP contribution is -2.24. The summed E-state index contributed by atoms with van der Waals surface area (Å²) in [4.78, 5) is 0. The van der Waals surface area contributed by atoms with Crippen molar-refractivity contribution in [2.75, 3.05) is 0 Å². The first-order valence-electron chi connectivity index (χ1n) is 12.3. The molecule has 2 aliphatic rings. The second-order valence-electron chi connectivity index (χ2n) is 11.1. The molecule has 1 fully saturated rings. The van der Waals surface area contributed by atoms with Gasteiger partial charge in [-0.3, -0.25) is 0 Å². The van der Waals surface area contributed by atoms with Crippen LogP contribution in [-0.2, 0) is 0 Å². The lowest BCUT2D eigenvalue weighted by molar-refractivity contribution is 0.290. The van der Waals surface area contributed by atoms with Gasteiger partial charge in [0.25, 0.3) is 0 Å². The monoisotopic (exact) mass is 418 g/mol. The zero-order valence-electron chi connectivity index (χ0n) is 21.5. The van der Waals surface area contributed by atoms with E-state index >= 15 is 0 Å². The van der Waals surface area contributed by atoms with Crippen LogP contribution in [0, 0.1) is 16.7 Å². The van der Waals surface area contributed by atoms with Crippen LogP contribution < -0.4 is 0 Å². The van der Waals surface area contributed by atoms with Crippen molar-refractivity contribution >= 4 is 0 Å². The Balaban J connectivity index is 1.96. The van der Waals surface area contributed by atoms with E-state index in [4.69, 9.17) is 0 Å². The molecule has 1 atom stereocenters. The smallest absolute Gasteiger partial charge is 0.0104 e. The van der Waals surface area contributed by atoms with E-state index in [2.05, 4.69) is 110 Å². The van der Waals surface area contributed by atoms with Gasteiger partial charge in [0.15, 0.2) is 0 Å². The predicted octanol–water partition coefficient (Wildman–Crippen LogP) is 9.85. The van der Waals surface area contributed by atoms with Gasteiger partial charge < -0.3 is 0 Å². The zero-order chi connectivity index (χ0) is 23.1. The maximum atomic E-state index is 2.40. The molecular formula is C31H46. The van der Waals surface area contributed by atoms with Gasteiger partial charge in [0.1, 0.15) is 0 Å². The summed E-state index contributed by atoms with van der Waals surface area (Å²) in [5.41, 5.74) is 7.91. The number of hydrogen-bond donors (Lipinski definition) is 0. The topological polar surface area (TPSA) is 0 Å². The summed E-state index contributed by atoms with van der Waals surface area (Å²) in [6, 6.07) is 0. The molecule has 0 amide bonds. The maximum absolute atomic E-state index is 2.40. The van der Waals surface area contributed by atoms with Crippen molar-refractivity contribution in [2.45, 2.75) is 93.9 Å². The minimum Gasteiger partial charge on any atom is -0.0696 e. The number of rotatable bonds is 6. The second-order valence-corrected chi connectivity index (χ2v) is 11.1. The Bertz CT molecular complexity index is 827. The van der Waals surface area contributed by atoms with E-state index in [1.54, 1.807) is 11.1 Å². The molecule has 0 aromatic rings. The molecule has 0 N–H and O–H groups in total. The molecule has 170 valence electrons. The Morgan fingerprint density at radius 1 is 0.839 bits per heavy atom. The Hall–Kier alpha value is -1.82. The summed E-state index contributed by atoms with van der Waals surface area (Å²) in [7, 11) is 0. The molecule has 0 spiro atoms. The van der Waals surface area contributed by atoms with Crippen molar-refractivity contribution in [2.24, 2.45) is 16.7 Å². The Morgan fingerprint density at radius 2 is 1.48 bits per heavy atom. The standard InChI is InChI=1S/C31H46/c1-24(14-9-10-19-28-26(3)17-12-22-30(28,5)6)15-11-16-25(2)20-21-29-27(4)18-13-23-31(29,7)8/h9-11,14-16,19-21,27H,12-13,17-18,22-23H2,1-8H3/b14-9+,16-11+,19-10-,24-15+,25-20+,29-21-. The van der Waals surface area contributed by atoms with Crippen molar-refractivity contribution in [3.63, 3.8) is 0 Å². The molecule has 0 heterocycles. The van der Waals surface area contributed by atoms with Gasteiger partial charge in [-0.05, 0) is 75.2 Å². The third-order valence-corrected chi connectivity index (χ3v) is 7.27. The molecule has 0 aromatic heterocycles. The van der Waals surface area contributed by atoms with Crippen LogP contribution in [0.5, 0.6) is 0 Å². The summed E-state index contributed by atoms with van der Waals surface area (Å²) < 4.78 is 0. The first-order valence-corrected chi connectivity index (χ1v) is 12.3. The van der Waals surface area contributed by atoms with E-state index < -0.39 is 0 Å². The molecule has 31 heavy (non-hydrogen) atoms. The highest BCUT2D eigenvalue weighted by Gasteiger charge is 2.30. The minimum absolute atomic E-state index is 0.310. The number of allylic oxidation sites excluding steroid dienone is 14. The molecule has 0 heteroatoms. The third kappa shape index (κ3) is 7.67. The van der Waals surface area contributed by atoms with Crippen LogP contribution in [-0.4, -0.2) is 0 Å². The van der Waals surface area contributed by atoms with Gasteiger partial charge >= 0.3 is 0 Å². The lowest BCUT2D eigenvalue weighted by atomic mass is 9.68. The van der Waals surface area contributed by atoms with Crippen molar-refractivity contribution < 1.29 is 0 Å².